The minimum absolute atomic E-state index is 0.0688. The number of piperazine rings is 1. The Morgan fingerprint density at radius 3 is 2.38 bits per heavy atom. The number of rotatable bonds is 4. The normalized spacial score (nSPS) is 15.1. The Labute approximate surface area is 126 Å². The van der Waals surface area contributed by atoms with E-state index in [-0.39, 0.29) is 11.8 Å². The van der Waals surface area contributed by atoms with Crippen LogP contribution in [0.3, 0.4) is 0 Å². The quantitative estimate of drug-likeness (QED) is 0.854. The van der Waals surface area contributed by atoms with Crippen molar-refractivity contribution in [2.75, 3.05) is 26.2 Å². The Bertz CT molecular complexity index is 505. The van der Waals surface area contributed by atoms with Crippen LogP contribution in [0.25, 0.3) is 0 Å². The Morgan fingerprint density at radius 2 is 1.76 bits per heavy atom. The van der Waals surface area contributed by atoms with Gasteiger partial charge in [0, 0.05) is 38.2 Å². The Hall–Kier alpha value is -1.84. The van der Waals surface area contributed by atoms with Crippen molar-refractivity contribution in [3.05, 3.63) is 35.4 Å². The second-order valence-corrected chi connectivity index (χ2v) is 5.65. The highest BCUT2D eigenvalue weighted by Gasteiger charge is 2.24. The van der Waals surface area contributed by atoms with Crippen molar-refractivity contribution in [1.82, 2.24) is 9.80 Å². The van der Waals surface area contributed by atoms with Crippen LogP contribution in [0.1, 0.15) is 42.1 Å². The van der Waals surface area contributed by atoms with E-state index in [1.165, 1.54) is 0 Å². The molecule has 1 aliphatic heterocycles. The van der Waals surface area contributed by atoms with Gasteiger partial charge in [0.2, 0.25) is 5.91 Å². The van der Waals surface area contributed by atoms with Crippen molar-refractivity contribution in [2.45, 2.75) is 33.1 Å². The van der Waals surface area contributed by atoms with E-state index in [9.17, 15) is 9.59 Å². The van der Waals surface area contributed by atoms with E-state index >= 15 is 0 Å². The molecule has 1 fully saturated rings. The first kappa shape index (κ1) is 15.5. The lowest BCUT2D eigenvalue weighted by Crippen LogP contribution is -2.50. The zero-order valence-corrected chi connectivity index (χ0v) is 13.0. The molecule has 0 aromatic heterocycles. The van der Waals surface area contributed by atoms with Crippen LogP contribution in [-0.4, -0.2) is 47.8 Å². The molecule has 1 aromatic rings. The summed E-state index contributed by atoms with van der Waals surface area (Å²) in [6.45, 7) is 6.64. The fourth-order valence-electron chi connectivity index (χ4n) is 2.61. The number of aryl methyl sites for hydroxylation is 1. The predicted molar refractivity (Wildman–Crippen MR) is 83.2 cm³/mol. The van der Waals surface area contributed by atoms with Crippen LogP contribution >= 0.6 is 0 Å². The number of nitrogens with zero attached hydrogens (tertiary/aromatic N) is 2. The molecular formula is C17H24N2O2. The van der Waals surface area contributed by atoms with Gasteiger partial charge in [0.1, 0.15) is 0 Å². The van der Waals surface area contributed by atoms with Crippen LogP contribution < -0.4 is 0 Å². The topological polar surface area (TPSA) is 40.6 Å². The summed E-state index contributed by atoms with van der Waals surface area (Å²) >= 11 is 0. The third kappa shape index (κ3) is 4.06. The van der Waals surface area contributed by atoms with Crippen molar-refractivity contribution in [1.29, 1.82) is 0 Å². The van der Waals surface area contributed by atoms with E-state index in [2.05, 4.69) is 6.92 Å². The lowest BCUT2D eigenvalue weighted by Gasteiger charge is -2.35. The SMILES string of the molecule is CCCCC(=O)N1CCN(C(=O)c2cccc(C)c2)CC1. The van der Waals surface area contributed by atoms with Gasteiger partial charge in [-0.3, -0.25) is 9.59 Å². The second kappa shape index (κ2) is 7.25. The Morgan fingerprint density at radius 1 is 1.10 bits per heavy atom. The highest BCUT2D eigenvalue weighted by atomic mass is 16.2. The van der Waals surface area contributed by atoms with Gasteiger partial charge < -0.3 is 9.80 Å². The molecule has 2 rings (SSSR count). The van der Waals surface area contributed by atoms with Crippen LogP contribution in [0.2, 0.25) is 0 Å². The van der Waals surface area contributed by atoms with Gasteiger partial charge in [0.15, 0.2) is 0 Å². The zero-order valence-electron chi connectivity index (χ0n) is 13.0. The molecule has 0 atom stereocenters. The molecule has 0 spiro atoms. The summed E-state index contributed by atoms with van der Waals surface area (Å²) in [6.07, 6.45) is 2.61. The molecule has 1 heterocycles. The minimum Gasteiger partial charge on any atom is -0.339 e. The Kier molecular flexibility index (Phi) is 5.37. The summed E-state index contributed by atoms with van der Waals surface area (Å²) < 4.78 is 0. The van der Waals surface area contributed by atoms with E-state index in [1.54, 1.807) is 0 Å². The van der Waals surface area contributed by atoms with Crippen molar-refractivity contribution in [3.8, 4) is 0 Å². The third-order valence-corrected chi connectivity index (χ3v) is 3.93. The van der Waals surface area contributed by atoms with Crippen molar-refractivity contribution in [3.63, 3.8) is 0 Å². The first-order valence-electron chi connectivity index (χ1n) is 7.75. The van der Waals surface area contributed by atoms with E-state index < -0.39 is 0 Å². The van der Waals surface area contributed by atoms with Crippen molar-refractivity contribution < 1.29 is 9.59 Å². The summed E-state index contributed by atoms with van der Waals surface area (Å²) in [5, 5.41) is 0. The van der Waals surface area contributed by atoms with Gasteiger partial charge in [0.05, 0.1) is 0 Å². The molecule has 0 bridgehead atoms. The van der Waals surface area contributed by atoms with Gasteiger partial charge in [-0.25, -0.2) is 0 Å². The fraction of sp³-hybridized carbons (Fsp3) is 0.529. The summed E-state index contributed by atoms with van der Waals surface area (Å²) in [5.41, 5.74) is 1.83. The van der Waals surface area contributed by atoms with Crippen LogP contribution in [0, 0.1) is 6.92 Å². The predicted octanol–water partition coefficient (Wildman–Crippen LogP) is 2.47. The molecule has 4 heteroatoms. The molecule has 0 unspecified atom stereocenters. The summed E-state index contributed by atoms with van der Waals surface area (Å²) in [7, 11) is 0. The summed E-state index contributed by atoms with van der Waals surface area (Å²) in [5.74, 6) is 0.291. The highest BCUT2D eigenvalue weighted by molar-refractivity contribution is 5.94. The summed E-state index contributed by atoms with van der Waals surface area (Å²) in [6, 6.07) is 7.67. The van der Waals surface area contributed by atoms with E-state index in [1.807, 2.05) is 41.0 Å². The number of hydrogen-bond acceptors (Lipinski definition) is 2. The molecule has 4 nitrogen and oxygen atoms in total. The lowest BCUT2D eigenvalue weighted by molar-refractivity contribution is -0.132. The monoisotopic (exact) mass is 288 g/mol. The molecular weight excluding hydrogens is 264 g/mol. The third-order valence-electron chi connectivity index (χ3n) is 3.93. The number of hydrogen-bond donors (Lipinski definition) is 0. The number of amides is 2. The highest BCUT2D eigenvalue weighted by Crippen LogP contribution is 2.11. The lowest BCUT2D eigenvalue weighted by atomic mass is 10.1. The largest absolute Gasteiger partial charge is 0.339 e. The molecule has 2 amide bonds. The van der Waals surface area contributed by atoms with Crippen LogP contribution in [0.5, 0.6) is 0 Å². The van der Waals surface area contributed by atoms with Crippen LogP contribution in [0.4, 0.5) is 0 Å². The average Bonchev–Trinajstić information content (AvgIpc) is 2.52. The minimum atomic E-state index is 0.0688. The maximum Gasteiger partial charge on any atom is 0.253 e. The van der Waals surface area contributed by atoms with Crippen molar-refractivity contribution in [2.24, 2.45) is 0 Å². The number of benzene rings is 1. The van der Waals surface area contributed by atoms with Crippen molar-refractivity contribution >= 4 is 11.8 Å². The van der Waals surface area contributed by atoms with Gasteiger partial charge in [-0.05, 0) is 25.5 Å². The molecule has 0 N–H and O–H groups in total. The number of unbranched alkanes of at least 4 members (excludes halogenated alkanes) is 1. The molecule has 0 saturated carbocycles. The van der Waals surface area contributed by atoms with E-state index in [4.69, 9.17) is 0 Å². The number of carbonyl (C=O) groups excluding carboxylic acids is 2. The first-order chi connectivity index (χ1) is 10.1. The van der Waals surface area contributed by atoms with Crippen LogP contribution in [0.15, 0.2) is 24.3 Å². The van der Waals surface area contributed by atoms with E-state index in [0.717, 1.165) is 24.0 Å². The summed E-state index contributed by atoms with van der Waals surface area (Å²) in [4.78, 5) is 28.1. The van der Waals surface area contributed by atoms with Gasteiger partial charge in [-0.1, -0.05) is 31.0 Å². The average molecular weight is 288 g/mol. The fourth-order valence-corrected chi connectivity index (χ4v) is 2.61. The Balaban J connectivity index is 1.89. The zero-order chi connectivity index (χ0) is 15.2. The molecule has 1 saturated heterocycles. The molecule has 21 heavy (non-hydrogen) atoms. The van der Waals surface area contributed by atoms with Gasteiger partial charge in [-0.2, -0.15) is 0 Å². The smallest absolute Gasteiger partial charge is 0.253 e. The molecule has 1 aliphatic rings. The second-order valence-electron chi connectivity index (χ2n) is 5.65. The van der Waals surface area contributed by atoms with Gasteiger partial charge >= 0.3 is 0 Å². The van der Waals surface area contributed by atoms with Gasteiger partial charge in [0.25, 0.3) is 5.91 Å². The van der Waals surface area contributed by atoms with E-state index in [0.29, 0.717) is 32.6 Å². The van der Waals surface area contributed by atoms with Gasteiger partial charge in [-0.15, -0.1) is 0 Å². The van der Waals surface area contributed by atoms with Crippen LogP contribution in [-0.2, 0) is 4.79 Å². The maximum absolute atomic E-state index is 12.4. The molecule has 0 aliphatic carbocycles. The first-order valence-corrected chi connectivity index (χ1v) is 7.75. The standard InChI is InChI=1S/C17H24N2O2/c1-3-4-8-16(20)18-9-11-19(12-10-18)17(21)15-7-5-6-14(2)13-15/h5-7,13H,3-4,8-12H2,1-2H3. The maximum atomic E-state index is 12.4. The number of carbonyl (C=O) groups is 2. The molecule has 1 aromatic carbocycles. The molecule has 0 radical (unpaired) electrons. The molecule has 114 valence electrons.